The predicted molar refractivity (Wildman–Crippen MR) is 95.4 cm³/mol. The van der Waals surface area contributed by atoms with Crippen LogP contribution in [0.25, 0.3) is 0 Å². The smallest absolute Gasteiger partial charge is 0.0717 e. The van der Waals surface area contributed by atoms with Crippen LogP contribution in [0.4, 0.5) is 0 Å². The Labute approximate surface area is 136 Å². The molecule has 0 saturated heterocycles. The largest absolute Gasteiger partial charge is 0.301 e. The van der Waals surface area contributed by atoms with Crippen LogP contribution >= 0.6 is 11.6 Å². The summed E-state index contributed by atoms with van der Waals surface area (Å²) in [5, 5.41) is 0.0723. The van der Waals surface area contributed by atoms with E-state index >= 15 is 0 Å². The summed E-state index contributed by atoms with van der Waals surface area (Å²) in [6.45, 7) is 18.8. The molecule has 0 saturated carbocycles. The van der Waals surface area contributed by atoms with Crippen molar-refractivity contribution < 1.29 is 0 Å². The van der Waals surface area contributed by atoms with Crippen molar-refractivity contribution in [3.8, 4) is 0 Å². The zero-order valence-corrected chi connectivity index (χ0v) is 15.6. The molecular formula is C19H32ClN. The Hall–Kier alpha value is -0.530. The van der Waals surface area contributed by atoms with Gasteiger partial charge in [-0.2, -0.15) is 0 Å². The third-order valence-corrected chi connectivity index (χ3v) is 4.07. The van der Waals surface area contributed by atoms with Crippen molar-refractivity contribution in [3.05, 3.63) is 34.4 Å². The van der Waals surface area contributed by atoms with Gasteiger partial charge in [-0.15, -0.1) is 11.6 Å². The average Bonchev–Trinajstić information content (AvgIpc) is 2.24. The molecular weight excluding hydrogens is 278 g/mol. The van der Waals surface area contributed by atoms with Crippen molar-refractivity contribution in [2.45, 2.75) is 53.8 Å². The van der Waals surface area contributed by atoms with Gasteiger partial charge in [-0.05, 0) is 49.3 Å². The van der Waals surface area contributed by atoms with Crippen LogP contribution in [0, 0.1) is 32.6 Å². The highest BCUT2D eigenvalue weighted by molar-refractivity contribution is 6.21. The lowest BCUT2D eigenvalue weighted by molar-refractivity contribution is 0.219. The lowest BCUT2D eigenvalue weighted by Crippen LogP contribution is -2.34. The van der Waals surface area contributed by atoms with Gasteiger partial charge in [0, 0.05) is 19.6 Å². The highest BCUT2D eigenvalue weighted by Crippen LogP contribution is 2.29. The lowest BCUT2D eigenvalue weighted by Gasteiger charge is -2.29. The van der Waals surface area contributed by atoms with Crippen LogP contribution in [-0.2, 0) is 0 Å². The molecule has 0 bridgehead atoms. The van der Waals surface area contributed by atoms with Crippen LogP contribution in [0.5, 0.6) is 0 Å². The molecule has 0 amide bonds. The van der Waals surface area contributed by atoms with Gasteiger partial charge >= 0.3 is 0 Å². The Morgan fingerprint density at radius 1 is 0.857 bits per heavy atom. The van der Waals surface area contributed by atoms with E-state index in [2.05, 4.69) is 65.5 Å². The number of alkyl halides is 1. The van der Waals surface area contributed by atoms with E-state index in [0.29, 0.717) is 11.8 Å². The molecule has 2 heteroatoms. The van der Waals surface area contributed by atoms with Crippen LogP contribution in [0.2, 0.25) is 0 Å². The number of hydrogen-bond donors (Lipinski definition) is 0. The van der Waals surface area contributed by atoms with Crippen molar-refractivity contribution in [1.29, 1.82) is 0 Å². The maximum Gasteiger partial charge on any atom is 0.0717 e. The Kier molecular flexibility index (Phi) is 7.23. The van der Waals surface area contributed by atoms with Crippen molar-refractivity contribution >= 4 is 11.6 Å². The molecule has 0 radical (unpaired) electrons. The maximum absolute atomic E-state index is 6.79. The molecule has 1 aromatic carbocycles. The van der Waals surface area contributed by atoms with Crippen LogP contribution in [0.15, 0.2) is 12.1 Å². The topological polar surface area (TPSA) is 3.24 Å². The fraction of sp³-hybridized carbons (Fsp3) is 0.684. The Morgan fingerprint density at radius 2 is 1.29 bits per heavy atom. The molecule has 1 atom stereocenters. The average molecular weight is 310 g/mol. The van der Waals surface area contributed by atoms with Crippen LogP contribution < -0.4 is 0 Å². The SMILES string of the molecule is Cc1cc(C)c(C(Cl)CN(CC(C)C)CC(C)C)c(C)c1. The Balaban J connectivity index is 2.88. The molecule has 0 aliphatic carbocycles. The minimum atomic E-state index is 0.0723. The normalized spacial score (nSPS) is 13.5. The molecule has 0 aliphatic rings. The van der Waals surface area contributed by atoms with Crippen LogP contribution in [-0.4, -0.2) is 24.5 Å². The van der Waals surface area contributed by atoms with Gasteiger partial charge < -0.3 is 4.90 Å². The van der Waals surface area contributed by atoms with Crippen LogP contribution in [0.1, 0.15) is 55.3 Å². The van der Waals surface area contributed by atoms with E-state index in [0.717, 1.165) is 19.6 Å². The Morgan fingerprint density at radius 3 is 1.67 bits per heavy atom. The summed E-state index contributed by atoms with van der Waals surface area (Å²) < 4.78 is 0. The number of benzene rings is 1. The van der Waals surface area contributed by atoms with Gasteiger partial charge in [0.2, 0.25) is 0 Å². The van der Waals surface area contributed by atoms with E-state index < -0.39 is 0 Å². The maximum atomic E-state index is 6.79. The molecule has 21 heavy (non-hydrogen) atoms. The van der Waals surface area contributed by atoms with Gasteiger partial charge in [0.05, 0.1) is 5.38 Å². The first-order valence-electron chi connectivity index (χ1n) is 8.14. The summed E-state index contributed by atoms with van der Waals surface area (Å²) in [6, 6.07) is 4.49. The molecule has 0 aliphatic heterocycles. The summed E-state index contributed by atoms with van der Waals surface area (Å²) in [6.07, 6.45) is 0. The minimum absolute atomic E-state index is 0.0723. The van der Waals surface area contributed by atoms with Gasteiger partial charge in [0.15, 0.2) is 0 Å². The van der Waals surface area contributed by atoms with Gasteiger partial charge in [0.1, 0.15) is 0 Å². The molecule has 1 nitrogen and oxygen atoms in total. The summed E-state index contributed by atoms with van der Waals surface area (Å²) >= 11 is 6.79. The monoisotopic (exact) mass is 309 g/mol. The van der Waals surface area contributed by atoms with Crippen molar-refractivity contribution in [3.63, 3.8) is 0 Å². The fourth-order valence-electron chi connectivity index (χ4n) is 3.26. The second-order valence-electron chi connectivity index (χ2n) is 7.29. The van der Waals surface area contributed by atoms with Gasteiger partial charge in [0.25, 0.3) is 0 Å². The molecule has 0 heterocycles. The minimum Gasteiger partial charge on any atom is -0.301 e. The molecule has 1 aromatic rings. The highest BCUT2D eigenvalue weighted by Gasteiger charge is 2.19. The molecule has 0 fully saturated rings. The molecule has 120 valence electrons. The number of aryl methyl sites for hydroxylation is 3. The van der Waals surface area contributed by atoms with Crippen molar-refractivity contribution in [1.82, 2.24) is 4.90 Å². The molecule has 0 N–H and O–H groups in total. The lowest BCUT2D eigenvalue weighted by atomic mass is 9.96. The number of hydrogen-bond acceptors (Lipinski definition) is 1. The first-order chi connectivity index (χ1) is 9.70. The third-order valence-electron chi connectivity index (χ3n) is 3.72. The van der Waals surface area contributed by atoms with Crippen molar-refractivity contribution in [2.24, 2.45) is 11.8 Å². The first kappa shape index (κ1) is 18.5. The van der Waals surface area contributed by atoms with E-state index in [1.54, 1.807) is 0 Å². The third kappa shape index (κ3) is 6.00. The van der Waals surface area contributed by atoms with E-state index in [4.69, 9.17) is 11.6 Å². The number of nitrogens with zero attached hydrogens (tertiary/aromatic N) is 1. The second kappa shape index (κ2) is 8.19. The second-order valence-corrected chi connectivity index (χ2v) is 7.81. The number of rotatable bonds is 7. The van der Waals surface area contributed by atoms with E-state index in [9.17, 15) is 0 Å². The van der Waals surface area contributed by atoms with E-state index in [1.807, 2.05) is 0 Å². The molecule has 0 spiro atoms. The van der Waals surface area contributed by atoms with Gasteiger partial charge in [-0.1, -0.05) is 45.4 Å². The summed E-state index contributed by atoms with van der Waals surface area (Å²) in [5.41, 5.74) is 5.28. The zero-order chi connectivity index (χ0) is 16.2. The molecule has 0 aromatic heterocycles. The van der Waals surface area contributed by atoms with Crippen LogP contribution in [0.3, 0.4) is 0 Å². The zero-order valence-electron chi connectivity index (χ0n) is 14.8. The summed E-state index contributed by atoms with van der Waals surface area (Å²) in [4.78, 5) is 2.52. The molecule has 1 rings (SSSR count). The highest BCUT2D eigenvalue weighted by atomic mass is 35.5. The van der Waals surface area contributed by atoms with Crippen molar-refractivity contribution in [2.75, 3.05) is 19.6 Å². The predicted octanol–water partition coefficient (Wildman–Crippen LogP) is 5.51. The van der Waals surface area contributed by atoms with Gasteiger partial charge in [-0.3, -0.25) is 0 Å². The van der Waals surface area contributed by atoms with E-state index in [1.165, 1.54) is 22.3 Å². The summed E-state index contributed by atoms with van der Waals surface area (Å²) in [7, 11) is 0. The fourth-order valence-corrected chi connectivity index (χ4v) is 3.80. The number of halogens is 1. The Bertz CT molecular complexity index is 418. The first-order valence-corrected chi connectivity index (χ1v) is 8.58. The molecule has 1 unspecified atom stereocenters. The quantitative estimate of drug-likeness (QED) is 0.601. The summed E-state index contributed by atoms with van der Waals surface area (Å²) in [5.74, 6) is 1.35. The van der Waals surface area contributed by atoms with Gasteiger partial charge in [-0.25, -0.2) is 0 Å². The van der Waals surface area contributed by atoms with E-state index in [-0.39, 0.29) is 5.38 Å². The standard InChI is InChI=1S/C19H32ClN/c1-13(2)10-21(11-14(3)4)12-18(20)19-16(6)8-15(5)9-17(19)7/h8-9,13-14,18H,10-12H2,1-7H3.